The Balaban J connectivity index is 2.28. The Hall–Kier alpha value is 0.110. The third-order valence-electron chi connectivity index (χ3n) is 1.98. The highest BCUT2D eigenvalue weighted by atomic mass is 35.5. The summed E-state index contributed by atoms with van der Waals surface area (Å²) in [6.45, 7) is 1.09. The Morgan fingerprint density at radius 3 is 2.67 bits per heavy atom. The Kier molecular flexibility index (Phi) is 6.50. The number of hydrogen-bond acceptors (Lipinski definition) is 2. The monoisotopic (exact) mass is 263 g/mol. The van der Waals surface area contributed by atoms with Crippen LogP contribution in [0, 0.1) is 0 Å². The highest BCUT2D eigenvalue weighted by Gasteiger charge is 1.99. The van der Waals surface area contributed by atoms with Crippen molar-refractivity contribution < 1.29 is 0 Å². The minimum absolute atomic E-state index is 0.621. The van der Waals surface area contributed by atoms with Crippen LogP contribution in [0.3, 0.4) is 0 Å². The molecule has 0 radical (unpaired) electrons. The molecule has 0 bridgehead atoms. The van der Waals surface area contributed by atoms with Gasteiger partial charge in [-0.15, -0.1) is 11.8 Å². The second-order valence-electron chi connectivity index (χ2n) is 3.24. The molecule has 0 unspecified atom stereocenters. The molecular formula is C11H15Cl2NS. The van der Waals surface area contributed by atoms with Gasteiger partial charge in [-0.25, -0.2) is 0 Å². The van der Waals surface area contributed by atoms with Gasteiger partial charge in [0, 0.05) is 4.90 Å². The number of halogens is 2. The third-order valence-corrected chi connectivity index (χ3v) is 3.80. The van der Waals surface area contributed by atoms with Gasteiger partial charge in [-0.05, 0) is 50.4 Å². The second-order valence-corrected chi connectivity index (χ2v) is 5.22. The maximum Gasteiger partial charge on any atom is 0.0603 e. The van der Waals surface area contributed by atoms with Crippen molar-refractivity contribution in [3.8, 4) is 0 Å². The van der Waals surface area contributed by atoms with Crippen LogP contribution in [0.25, 0.3) is 0 Å². The summed E-state index contributed by atoms with van der Waals surface area (Å²) in [5, 5.41) is 4.39. The van der Waals surface area contributed by atoms with E-state index >= 15 is 0 Å². The van der Waals surface area contributed by atoms with Crippen molar-refractivity contribution in [2.24, 2.45) is 0 Å². The zero-order valence-corrected chi connectivity index (χ0v) is 11.1. The minimum Gasteiger partial charge on any atom is -0.320 e. The topological polar surface area (TPSA) is 12.0 Å². The fourth-order valence-corrected chi connectivity index (χ4v) is 2.47. The highest BCUT2D eigenvalue weighted by molar-refractivity contribution is 7.99. The van der Waals surface area contributed by atoms with Crippen molar-refractivity contribution in [1.29, 1.82) is 0 Å². The quantitative estimate of drug-likeness (QED) is 0.613. The van der Waals surface area contributed by atoms with E-state index in [1.54, 1.807) is 0 Å². The van der Waals surface area contributed by atoms with Crippen LogP contribution in [0.4, 0.5) is 0 Å². The lowest BCUT2D eigenvalue weighted by molar-refractivity contribution is 0.715. The first-order valence-corrected chi connectivity index (χ1v) is 6.70. The number of thioether (sulfide) groups is 1. The Bertz CT molecular complexity index is 305. The Morgan fingerprint density at radius 1 is 1.20 bits per heavy atom. The van der Waals surface area contributed by atoms with Gasteiger partial charge in [0.1, 0.15) is 0 Å². The molecule has 0 atom stereocenters. The van der Waals surface area contributed by atoms with E-state index < -0.39 is 0 Å². The molecule has 1 N–H and O–H groups in total. The number of hydrogen-bond donors (Lipinski definition) is 1. The molecule has 0 aliphatic heterocycles. The Morgan fingerprint density at radius 2 is 2.00 bits per heavy atom. The van der Waals surface area contributed by atoms with Gasteiger partial charge in [0.25, 0.3) is 0 Å². The summed E-state index contributed by atoms with van der Waals surface area (Å²) in [5.74, 6) is 1.12. The molecule has 0 aliphatic carbocycles. The first-order valence-electron chi connectivity index (χ1n) is 4.96. The largest absolute Gasteiger partial charge is 0.320 e. The van der Waals surface area contributed by atoms with Gasteiger partial charge in [0.15, 0.2) is 0 Å². The molecule has 0 saturated heterocycles. The zero-order valence-electron chi connectivity index (χ0n) is 8.72. The van der Waals surface area contributed by atoms with Gasteiger partial charge in [-0.2, -0.15) is 0 Å². The molecule has 0 spiro atoms. The summed E-state index contributed by atoms with van der Waals surface area (Å²) in [5.41, 5.74) is 0. The minimum atomic E-state index is 0.621. The number of nitrogens with one attached hydrogen (secondary N) is 1. The van der Waals surface area contributed by atoms with E-state index in [1.165, 1.54) is 17.7 Å². The van der Waals surface area contributed by atoms with Crippen LogP contribution in [0.1, 0.15) is 12.8 Å². The van der Waals surface area contributed by atoms with E-state index in [2.05, 4.69) is 5.32 Å². The van der Waals surface area contributed by atoms with Crippen LogP contribution in [0.15, 0.2) is 23.1 Å². The van der Waals surface area contributed by atoms with E-state index in [4.69, 9.17) is 23.2 Å². The lowest BCUT2D eigenvalue weighted by atomic mass is 10.3. The van der Waals surface area contributed by atoms with Gasteiger partial charge in [0.05, 0.1) is 10.0 Å². The molecule has 0 heterocycles. The van der Waals surface area contributed by atoms with Crippen LogP contribution in [0.2, 0.25) is 10.0 Å². The van der Waals surface area contributed by atoms with Crippen molar-refractivity contribution in [3.05, 3.63) is 28.2 Å². The van der Waals surface area contributed by atoms with Crippen molar-refractivity contribution in [3.63, 3.8) is 0 Å². The summed E-state index contributed by atoms with van der Waals surface area (Å²) < 4.78 is 0. The summed E-state index contributed by atoms with van der Waals surface area (Å²) in [6, 6.07) is 5.78. The molecule has 15 heavy (non-hydrogen) atoms. The summed E-state index contributed by atoms with van der Waals surface area (Å²) >= 11 is 13.6. The van der Waals surface area contributed by atoms with Gasteiger partial charge < -0.3 is 5.32 Å². The average molecular weight is 264 g/mol. The standard InChI is InChI=1S/C11H15Cl2NS/c1-14-6-2-3-7-15-9-4-5-10(12)11(13)8-9/h4-5,8,14H,2-3,6-7H2,1H3. The van der Waals surface area contributed by atoms with Gasteiger partial charge in [0.2, 0.25) is 0 Å². The first kappa shape index (κ1) is 13.2. The lowest BCUT2D eigenvalue weighted by Crippen LogP contribution is -2.07. The molecule has 84 valence electrons. The zero-order chi connectivity index (χ0) is 11.1. The van der Waals surface area contributed by atoms with Crippen molar-refractivity contribution in [2.45, 2.75) is 17.7 Å². The molecule has 1 nitrogen and oxygen atoms in total. The maximum absolute atomic E-state index is 5.92. The molecule has 0 aliphatic rings. The van der Waals surface area contributed by atoms with Crippen LogP contribution < -0.4 is 5.32 Å². The van der Waals surface area contributed by atoms with Crippen molar-refractivity contribution in [2.75, 3.05) is 19.3 Å². The smallest absolute Gasteiger partial charge is 0.0603 e. The highest BCUT2D eigenvalue weighted by Crippen LogP contribution is 2.28. The van der Waals surface area contributed by atoms with Gasteiger partial charge in [-0.3, -0.25) is 0 Å². The lowest BCUT2D eigenvalue weighted by Gasteiger charge is -2.03. The Labute approximate surface area is 106 Å². The first-order chi connectivity index (χ1) is 7.24. The molecule has 0 fully saturated rings. The SMILES string of the molecule is CNCCCCSc1ccc(Cl)c(Cl)c1. The summed E-state index contributed by atoms with van der Waals surface area (Å²) in [7, 11) is 1.98. The van der Waals surface area contributed by atoms with Gasteiger partial charge >= 0.3 is 0 Å². The molecular weight excluding hydrogens is 249 g/mol. The fraction of sp³-hybridized carbons (Fsp3) is 0.455. The number of unbranched alkanes of at least 4 members (excludes halogenated alkanes) is 1. The molecule has 1 aromatic carbocycles. The van der Waals surface area contributed by atoms with E-state index in [9.17, 15) is 0 Å². The predicted octanol–water partition coefficient (Wildman–Crippen LogP) is 4.09. The van der Waals surface area contributed by atoms with E-state index in [0.717, 1.165) is 12.3 Å². The van der Waals surface area contributed by atoms with Crippen LogP contribution in [0.5, 0.6) is 0 Å². The number of benzene rings is 1. The second kappa shape index (κ2) is 7.39. The summed E-state index contributed by atoms with van der Waals surface area (Å²) in [6.07, 6.45) is 2.43. The van der Waals surface area contributed by atoms with E-state index in [0.29, 0.717) is 10.0 Å². The fourth-order valence-electron chi connectivity index (χ4n) is 1.16. The molecule has 4 heteroatoms. The summed E-state index contributed by atoms with van der Waals surface area (Å²) in [4.78, 5) is 1.19. The van der Waals surface area contributed by atoms with Crippen LogP contribution >= 0.6 is 35.0 Å². The van der Waals surface area contributed by atoms with Crippen LogP contribution in [-0.2, 0) is 0 Å². The molecule has 0 saturated carbocycles. The molecule has 0 amide bonds. The normalized spacial score (nSPS) is 10.6. The molecule has 1 rings (SSSR count). The van der Waals surface area contributed by atoms with Crippen LogP contribution in [-0.4, -0.2) is 19.3 Å². The molecule has 0 aromatic heterocycles. The third kappa shape index (κ3) is 5.12. The van der Waals surface area contributed by atoms with E-state index in [-0.39, 0.29) is 0 Å². The van der Waals surface area contributed by atoms with E-state index in [1.807, 2.05) is 37.0 Å². The maximum atomic E-state index is 5.92. The molecule has 1 aromatic rings. The number of rotatable bonds is 6. The predicted molar refractivity (Wildman–Crippen MR) is 70.3 cm³/mol. The van der Waals surface area contributed by atoms with Gasteiger partial charge in [-0.1, -0.05) is 23.2 Å². The van der Waals surface area contributed by atoms with Crippen molar-refractivity contribution in [1.82, 2.24) is 5.32 Å². The van der Waals surface area contributed by atoms with Crippen molar-refractivity contribution >= 4 is 35.0 Å². The average Bonchev–Trinajstić information content (AvgIpc) is 2.23.